The van der Waals surface area contributed by atoms with E-state index in [1.165, 1.54) is 0 Å². The number of amides is 2. The third kappa shape index (κ3) is 3.23. The summed E-state index contributed by atoms with van der Waals surface area (Å²) < 4.78 is 37.2. The first-order valence-corrected chi connectivity index (χ1v) is 6.46. The standard InChI is InChI=1S/C14H10F3N5O/c15-14(16,17)12-2-1-8(5-20-12)21-13(23)22-11-7-19-10-3-4-18-6-9(10)11/h1-7,19H,(H2,21,22,23). The SMILES string of the molecule is O=C(Nc1ccc(C(F)(F)F)nc1)Nc1c[nH]c2ccncc12. The Balaban J connectivity index is 1.70. The van der Waals surface area contributed by atoms with Crippen molar-refractivity contribution in [3.8, 4) is 0 Å². The van der Waals surface area contributed by atoms with Crippen molar-refractivity contribution in [2.75, 3.05) is 10.6 Å². The van der Waals surface area contributed by atoms with Gasteiger partial charge in [0.2, 0.25) is 0 Å². The molecule has 3 rings (SSSR count). The molecule has 0 spiro atoms. The van der Waals surface area contributed by atoms with Gasteiger partial charge in [-0.3, -0.25) is 4.98 Å². The quantitative estimate of drug-likeness (QED) is 0.674. The number of nitrogens with zero attached hydrogens (tertiary/aromatic N) is 2. The molecule has 0 radical (unpaired) electrons. The summed E-state index contributed by atoms with van der Waals surface area (Å²) >= 11 is 0. The van der Waals surface area contributed by atoms with Crippen molar-refractivity contribution in [2.24, 2.45) is 0 Å². The maximum Gasteiger partial charge on any atom is 0.433 e. The van der Waals surface area contributed by atoms with Gasteiger partial charge in [-0.15, -0.1) is 0 Å². The van der Waals surface area contributed by atoms with Crippen LogP contribution in [0.25, 0.3) is 10.9 Å². The van der Waals surface area contributed by atoms with Crippen LogP contribution in [0.15, 0.2) is 43.0 Å². The van der Waals surface area contributed by atoms with Crippen LogP contribution in [0.2, 0.25) is 0 Å². The first-order valence-electron chi connectivity index (χ1n) is 6.46. The summed E-state index contributed by atoms with van der Waals surface area (Å²) in [4.78, 5) is 22.1. The molecule has 0 unspecified atom stereocenters. The number of carbonyl (C=O) groups is 1. The van der Waals surface area contributed by atoms with Gasteiger partial charge in [-0.05, 0) is 18.2 Å². The summed E-state index contributed by atoms with van der Waals surface area (Å²) in [6.45, 7) is 0. The minimum absolute atomic E-state index is 0.147. The smallest absolute Gasteiger partial charge is 0.359 e. The Kier molecular flexibility index (Phi) is 3.61. The Bertz CT molecular complexity index is 841. The summed E-state index contributed by atoms with van der Waals surface area (Å²) in [7, 11) is 0. The van der Waals surface area contributed by atoms with Gasteiger partial charge in [-0.1, -0.05) is 0 Å². The van der Waals surface area contributed by atoms with Crippen LogP contribution in [0.3, 0.4) is 0 Å². The van der Waals surface area contributed by atoms with E-state index in [1.807, 2.05) is 0 Å². The summed E-state index contributed by atoms with van der Waals surface area (Å²) in [6, 6.07) is 3.08. The maximum absolute atomic E-state index is 12.4. The zero-order valence-electron chi connectivity index (χ0n) is 11.5. The van der Waals surface area contributed by atoms with Gasteiger partial charge in [0.1, 0.15) is 5.69 Å². The zero-order chi connectivity index (χ0) is 16.4. The van der Waals surface area contributed by atoms with E-state index in [1.54, 1.807) is 24.7 Å². The lowest BCUT2D eigenvalue weighted by Crippen LogP contribution is -2.19. The van der Waals surface area contributed by atoms with E-state index < -0.39 is 17.9 Å². The maximum atomic E-state index is 12.4. The molecule has 3 N–H and O–H groups in total. The lowest BCUT2D eigenvalue weighted by Gasteiger charge is -2.08. The number of hydrogen-bond acceptors (Lipinski definition) is 3. The molecule has 9 heteroatoms. The number of pyridine rings is 2. The lowest BCUT2D eigenvalue weighted by molar-refractivity contribution is -0.141. The number of urea groups is 1. The normalized spacial score (nSPS) is 11.4. The molecule has 0 aliphatic rings. The van der Waals surface area contributed by atoms with Gasteiger partial charge in [0, 0.05) is 24.0 Å². The average molecular weight is 321 g/mol. The molecule has 0 saturated carbocycles. The first kappa shape index (κ1) is 14.8. The highest BCUT2D eigenvalue weighted by Gasteiger charge is 2.32. The number of alkyl halides is 3. The fraction of sp³-hybridized carbons (Fsp3) is 0.0714. The molecule has 0 bridgehead atoms. The molecular weight excluding hydrogens is 311 g/mol. The molecule has 2 amide bonds. The predicted molar refractivity (Wildman–Crippen MR) is 78.0 cm³/mol. The largest absolute Gasteiger partial charge is 0.433 e. The third-order valence-electron chi connectivity index (χ3n) is 3.04. The summed E-state index contributed by atoms with van der Waals surface area (Å²) in [5.74, 6) is 0. The summed E-state index contributed by atoms with van der Waals surface area (Å²) in [5, 5.41) is 5.71. The minimum Gasteiger partial charge on any atom is -0.359 e. The number of fused-ring (bicyclic) bond motifs is 1. The molecule has 0 saturated heterocycles. The van der Waals surface area contributed by atoms with Crippen LogP contribution >= 0.6 is 0 Å². The van der Waals surface area contributed by atoms with Crippen molar-refractivity contribution in [3.63, 3.8) is 0 Å². The first-order chi connectivity index (χ1) is 10.9. The Morgan fingerprint density at radius 1 is 1.13 bits per heavy atom. The van der Waals surface area contributed by atoms with E-state index in [-0.39, 0.29) is 5.69 Å². The van der Waals surface area contributed by atoms with E-state index in [0.717, 1.165) is 23.8 Å². The highest BCUT2D eigenvalue weighted by molar-refractivity contribution is 6.05. The van der Waals surface area contributed by atoms with Gasteiger partial charge in [0.05, 0.1) is 23.1 Å². The van der Waals surface area contributed by atoms with Crippen molar-refractivity contribution in [3.05, 3.63) is 48.7 Å². The highest BCUT2D eigenvalue weighted by atomic mass is 19.4. The molecule has 3 heterocycles. The Hall–Kier alpha value is -3.10. The number of carbonyl (C=O) groups excluding carboxylic acids is 1. The average Bonchev–Trinajstić information content (AvgIpc) is 2.90. The van der Waals surface area contributed by atoms with Gasteiger partial charge >= 0.3 is 12.2 Å². The topological polar surface area (TPSA) is 82.7 Å². The monoisotopic (exact) mass is 321 g/mol. The van der Waals surface area contributed by atoms with Gasteiger partial charge in [-0.2, -0.15) is 13.2 Å². The highest BCUT2D eigenvalue weighted by Crippen LogP contribution is 2.28. The lowest BCUT2D eigenvalue weighted by atomic mass is 10.3. The summed E-state index contributed by atoms with van der Waals surface area (Å²) in [5.41, 5.74) is 0.427. The van der Waals surface area contributed by atoms with Gasteiger partial charge < -0.3 is 15.6 Å². The number of anilines is 2. The number of hydrogen-bond donors (Lipinski definition) is 3. The molecule has 0 atom stereocenters. The van der Waals surface area contributed by atoms with E-state index in [2.05, 4.69) is 25.6 Å². The fourth-order valence-electron chi connectivity index (χ4n) is 1.99. The third-order valence-corrected chi connectivity index (χ3v) is 3.04. The predicted octanol–water partition coefficient (Wildman–Crippen LogP) is 3.62. The van der Waals surface area contributed by atoms with Crippen molar-refractivity contribution < 1.29 is 18.0 Å². The second kappa shape index (κ2) is 5.59. The van der Waals surface area contributed by atoms with Gasteiger partial charge in [0.25, 0.3) is 0 Å². The molecule has 3 aromatic rings. The Morgan fingerprint density at radius 2 is 1.96 bits per heavy atom. The molecule has 118 valence electrons. The molecule has 0 aliphatic heterocycles. The zero-order valence-corrected chi connectivity index (χ0v) is 11.5. The van der Waals surface area contributed by atoms with Crippen LogP contribution in [0.4, 0.5) is 29.3 Å². The molecule has 6 nitrogen and oxygen atoms in total. The molecule has 3 aromatic heterocycles. The Morgan fingerprint density at radius 3 is 2.65 bits per heavy atom. The van der Waals surface area contributed by atoms with Crippen LogP contribution in [0, 0.1) is 0 Å². The number of halogens is 3. The minimum atomic E-state index is -4.52. The van der Waals surface area contributed by atoms with Crippen molar-refractivity contribution in [2.45, 2.75) is 6.18 Å². The van der Waals surface area contributed by atoms with Crippen LogP contribution in [0.1, 0.15) is 5.69 Å². The van der Waals surface area contributed by atoms with E-state index in [0.29, 0.717) is 11.1 Å². The molecule has 0 fully saturated rings. The molecule has 0 aliphatic carbocycles. The fourth-order valence-corrected chi connectivity index (χ4v) is 1.99. The number of nitrogens with one attached hydrogen (secondary N) is 3. The van der Waals surface area contributed by atoms with E-state index >= 15 is 0 Å². The van der Waals surface area contributed by atoms with E-state index in [9.17, 15) is 18.0 Å². The number of aromatic amines is 1. The van der Waals surface area contributed by atoms with Crippen molar-refractivity contribution >= 4 is 28.3 Å². The number of H-pyrrole nitrogens is 1. The van der Waals surface area contributed by atoms with Crippen molar-refractivity contribution in [1.82, 2.24) is 15.0 Å². The van der Waals surface area contributed by atoms with Gasteiger partial charge in [0.15, 0.2) is 0 Å². The van der Waals surface area contributed by atoms with Crippen LogP contribution in [-0.4, -0.2) is 21.0 Å². The number of rotatable bonds is 2. The van der Waals surface area contributed by atoms with Gasteiger partial charge in [-0.25, -0.2) is 9.78 Å². The molecular formula is C14H10F3N5O. The summed E-state index contributed by atoms with van der Waals surface area (Å²) in [6.07, 6.45) is 1.21. The van der Waals surface area contributed by atoms with Crippen molar-refractivity contribution in [1.29, 1.82) is 0 Å². The van der Waals surface area contributed by atoms with E-state index in [4.69, 9.17) is 0 Å². The number of aromatic nitrogens is 3. The molecule has 0 aromatic carbocycles. The molecule has 23 heavy (non-hydrogen) atoms. The second-order valence-corrected chi connectivity index (χ2v) is 4.63. The second-order valence-electron chi connectivity index (χ2n) is 4.63. The Labute approximate surface area is 127 Å². The van der Waals surface area contributed by atoms with Crippen LogP contribution in [-0.2, 0) is 6.18 Å². The van der Waals surface area contributed by atoms with Crippen LogP contribution in [0.5, 0.6) is 0 Å². The van der Waals surface area contributed by atoms with Crippen LogP contribution < -0.4 is 10.6 Å².